The van der Waals surface area contributed by atoms with Gasteiger partial charge in [0.2, 0.25) is 0 Å². The van der Waals surface area contributed by atoms with Crippen LogP contribution in [0.4, 0.5) is 0 Å². The van der Waals surface area contributed by atoms with E-state index in [0.29, 0.717) is 9.79 Å². The average molecular weight is 352 g/mol. The van der Waals surface area contributed by atoms with Gasteiger partial charge >= 0.3 is 0 Å². The van der Waals surface area contributed by atoms with Gasteiger partial charge in [0.25, 0.3) is 0 Å². The maximum atomic E-state index is 5.95. The Morgan fingerprint density at radius 3 is 2.87 bits per heavy atom. The molecular formula is C9H7ClIN3S. The van der Waals surface area contributed by atoms with E-state index in [9.17, 15) is 0 Å². The van der Waals surface area contributed by atoms with E-state index in [-0.39, 0.29) is 0 Å². The van der Waals surface area contributed by atoms with Crippen molar-refractivity contribution in [2.45, 2.75) is 0 Å². The molecule has 0 aliphatic rings. The maximum absolute atomic E-state index is 5.95. The first-order valence-electron chi connectivity index (χ1n) is 4.16. The predicted octanol–water partition coefficient (Wildman–Crippen LogP) is 3.40. The molecule has 78 valence electrons. The Hall–Kier alpha value is -0.400. The van der Waals surface area contributed by atoms with Gasteiger partial charge in [0.05, 0.1) is 0 Å². The monoisotopic (exact) mass is 351 g/mol. The Morgan fingerprint density at radius 1 is 1.53 bits per heavy atom. The molecule has 2 aromatic rings. The molecule has 0 spiro atoms. The maximum Gasteiger partial charge on any atom is 0.195 e. The summed E-state index contributed by atoms with van der Waals surface area (Å²) in [6.45, 7) is 0. The minimum absolute atomic E-state index is 0.598. The van der Waals surface area contributed by atoms with Gasteiger partial charge in [-0.05, 0) is 53.0 Å². The zero-order valence-electron chi connectivity index (χ0n) is 7.79. The second-order valence-corrected chi connectivity index (χ2v) is 5.02. The lowest BCUT2D eigenvalue weighted by molar-refractivity contribution is 0.901. The van der Waals surface area contributed by atoms with Crippen LogP contribution in [-0.2, 0) is 7.05 Å². The van der Waals surface area contributed by atoms with Gasteiger partial charge < -0.3 is 4.57 Å². The molecule has 0 radical (unpaired) electrons. The van der Waals surface area contributed by atoms with Gasteiger partial charge in [-0.15, -0.1) is 0 Å². The summed E-state index contributed by atoms with van der Waals surface area (Å²) in [4.78, 5) is 0. The highest BCUT2D eigenvalue weighted by Gasteiger charge is 2.09. The number of aromatic nitrogens is 3. The number of halogens is 2. The van der Waals surface area contributed by atoms with Crippen molar-refractivity contribution in [3.63, 3.8) is 0 Å². The molecule has 2 rings (SSSR count). The third kappa shape index (κ3) is 2.09. The first-order valence-corrected chi connectivity index (χ1v) is 6.03. The van der Waals surface area contributed by atoms with E-state index in [0.717, 1.165) is 15.0 Å². The second kappa shape index (κ2) is 4.23. The molecule has 0 fully saturated rings. The van der Waals surface area contributed by atoms with Crippen LogP contribution in [0.15, 0.2) is 18.2 Å². The minimum Gasteiger partial charge on any atom is -0.303 e. The number of nitrogens with zero attached hydrogens (tertiary/aromatic N) is 2. The highest BCUT2D eigenvalue weighted by atomic mass is 127. The normalized spacial score (nSPS) is 10.6. The van der Waals surface area contributed by atoms with Crippen LogP contribution in [0.3, 0.4) is 0 Å². The molecular weight excluding hydrogens is 345 g/mol. The van der Waals surface area contributed by atoms with Gasteiger partial charge in [-0.25, -0.2) is 0 Å². The van der Waals surface area contributed by atoms with Gasteiger partial charge in [-0.1, -0.05) is 11.6 Å². The van der Waals surface area contributed by atoms with Crippen molar-refractivity contribution in [2.75, 3.05) is 0 Å². The van der Waals surface area contributed by atoms with E-state index in [1.165, 1.54) is 0 Å². The Morgan fingerprint density at radius 2 is 2.27 bits per heavy atom. The number of hydrogen-bond donors (Lipinski definition) is 1. The van der Waals surface area contributed by atoms with Gasteiger partial charge in [0, 0.05) is 21.2 Å². The lowest BCUT2D eigenvalue weighted by Crippen LogP contribution is -1.94. The van der Waals surface area contributed by atoms with E-state index in [2.05, 4.69) is 32.8 Å². The molecule has 0 aliphatic carbocycles. The lowest BCUT2D eigenvalue weighted by Gasteiger charge is -2.03. The van der Waals surface area contributed by atoms with Gasteiger partial charge in [-0.2, -0.15) is 5.10 Å². The zero-order chi connectivity index (χ0) is 11.0. The van der Waals surface area contributed by atoms with Crippen LogP contribution >= 0.6 is 46.4 Å². The Bertz CT molecular complexity index is 561. The molecule has 0 bridgehead atoms. The first kappa shape index (κ1) is 11.1. The number of nitrogens with one attached hydrogen (secondary N) is 1. The van der Waals surface area contributed by atoms with E-state index >= 15 is 0 Å². The van der Waals surface area contributed by atoms with Crippen LogP contribution in [-0.4, -0.2) is 14.8 Å². The second-order valence-electron chi connectivity index (χ2n) is 3.04. The van der Waals surface area contributed by atoms with Crippen molar-refractivity contribution in [1.82, 2.24) is 14.8 Å². The van der Waals surface area contributed by atoms with Crippen molar-refractivity contribution < 1.29 is 0 Å². The molecule has 0 aliphatic heterocycles. The van der Waals surface area contributed by atoms with Gasteiger partial charge in [-0.3, -0.25) is 5.10 Å². The van der Waals surface area contributed by atoms with Crippen LogP contribution in [0.25, 0.3) is 11.4 Å². The summed E-state index contributed by atoms with van der Waals surface area (Å²) in [5, 5.41) is 7.62. The average Bonchev–Trinajstić information content (AvgIpc) is 2.52. The zero-order valence-corrected chi connectivity index (χ0v) is 11.5. The Balaban J connectivity index is 2.68. The number of benzene rings is 1. The van der Waals surface area contributed by atoms with Gasteiger partial charge in [0.15, 0.2) is 10.6 Å². The molecule has 0 saturated heterocycles. The minimum atomic E-state index is 0.598. The fourth-order valence-corrected chi connectivity index (χ4v) is 2.14. The topological polar surface area (TPSA) is 33.6 Å². The SMILES string of the molecule is Cn1c(-c2cc(Cl)ccc2I)n[nH]c1=S. The van der Waals surface area contributed by atoms with E-state index < -0.39 is 0 Å². The molecule has 6 heteroatoms. The smallest absolute Gasteiger partial charge is 0.195 e. The van der Waals surface area contributed by atoms with Crippen molar-refractivity contribution in [2.24, 2.45) is 7.05 Å². The van der Waals surface area contributed by atoms with Crippen LogP contribution < -0.4 is 0 Å². The summed E-state index contributed by atoms with van der Waals surface area (Å²) in [6.07, 6.45) is 0. The molecule has 1 N–H and O–H groups in total. The number of rotatable bonds is 1. The van der Waals surface area contributed by atoms with Crippen molar-refractivity contribution in [1.29, 1.82) is 0 Å². The van der Waals surface area contributed by atoms with Crippen molar-refractivity contribution in [3.8, 4) is 11.4 Å². The number of H-pyrrole nitrogens is 1. The van der Waals surface area contributed by atoms with Crippen LogP contribution in [0.5, 0.6) is 0 Å². The number of aromatic amines is 1. The summed E-state index contributed by atoms with van der Waals surface area (Å²) < 4.78 is 3.51. The third-order valence-electron chi connectivity index (χ3n) is 2.05. The summed E-state index contributed by atoms with van der Waals surface area (Å²) in [5.74, 6) is 0.798. The predicted molar refractivity (Wildman–Crippen MR) is 71.6 cm³/mol. The fourth-order valence-electron chi connectivity index (χ4n) is 1.26. The summed E-state index contributed by atoms with van der Waals surface area (Å²) in [7, 11) is 1.87. The fraction of sp³-hybridized carbons (Fsp3) is 0.111. The van der Waals surface area contributed by atoms with E-state index in [1.807, 2.05) is 29.8 Å². The quantitative estimate of drug-likeness (QED) is 0.631. The molecule has 3 nitrogen and oxygen atoms in total. The third-order valence-corrected chi connectivity index (χ3v) is 3.59. The van der Waals surface area contributed by atoms with Crippen LogP contribution in [0.1, 0.15) is 0 Å². The van der Waals surface area contributed by atoms with Crippen molar-refractivity contribution >= 4 is 46.4 Å². The largest absolute Gasteiger partial charge is 0.303 e. The molecule has 1 heterocycles. The number of hydrogen-bond acceptors (Lipinski definition) is 2. The molecule has 0 unspecified atom stereocenters. The van der Waals surface area contributed by atoms with Gasteiger partial charge in [0.1, 0.15) is 0 Å². The molecule has 0 atom stereocenters. The first-order chi connectivity index (χ1) is 7.09. The Labute approximate surface area is 111 Å². The Kier molecular flexibility index (Phi) is 3.13. The summed E-state index contributed by atoms with van der Waals surface area (Å²) in [6, 6.07) is 5.69. The molecule has 0 amide bonds. The highest BCUT2D eigenvalue weighted by Crippen LogP contribution is 2.26. The van der Waals surface area contributed by atoms with E-state index in [4.69, 9.17) is 23.8 Å². The summed E-state index contributed by atoms with van der Waals surface area (Å²) >= 11 is 13.3. The standard InChI is InChI=1S/C9H7ClIN3S/c1-14-8(12-13-9(14)15)6-4-5(10)2-3-7(6)11/h2-4H,1H3,(H,13,15). The molecule has 1 aromatic heterocycles. The molecule has 0 saturated carbocycles. The van der Waals surface area contributed by atoms with Crippen molar-refractivity contribution in [3.05, 3.63) is 31.6 Å². The molecule has 15 heavy (non-hydrogen) atoms. The lowest BCUT2D eigenvalue weighted by atomic mass is 10.2. The van der Waals surface area contributed by atoms with E-state index in [1.54, 1.807) is 0 Å². The highest BCUT2D eigenvalue weighted by molar-refractivity contribution is 14.1. The molecule has 1 aromatic carbocycles. The van der Waals surface area contributed by atoms with Crippen LogP contribution in [0, 0.1) is 8.34 Å². The summed E-state index contributed by atoms with van der Waals surface area (Å²) in [5.41, 5.74) is 0.984. The van der Waals surface area contributed by atoms with Crippen LogP contribution in [0.2, 0.25) is 5.02 Å².